The van der Waals surface area contributed by atoms with Gasteiger partial charge >= 0.3 is 6.18 Å². The fraction of sp³-hybridized carbons (Fsp3) is 0.381. The number of hydrogen-bond donors (Lipinski definition) is 3. The molecule has 0 saturated carbocycles. The summed E-state index contributed by atoms with van der Waals surface area (Å²) in [5.74, 6) is -0.849. The van der Waals surface area contributed by atoms with Crippen LogP contribution < -0.4 is 15.4 Å². The highest BCUT2D eigenvalue weighted by atomic mass is 35.5. The van der Waals surface area contributed by atoms with Crippen LogP contribution in [-0.4, -0.2) is 27.4 Å². The Morgan fingerprint density at radius 1 is 1.09 bits per heavy atom. The molecule has 1 amide bonds. The number of amides is 1. The Labute approximate surface area is 190 Å². The van der Waals surface area contributed by atoms with Crippen molar-refractivity contribution in [3.05, 3.63) is 64.2 Å². The van der Waals surface area contributed by atoms with Gasteiger partial charge in [-0.2, -0.15) is 13.2 Å². The second-order valence-electron chi connectivity index (χ2n) is 7.51. The monoisotopic (exact) mass is 491 g/mol. The first-order valence-electron chi connectivity index (χ1n) is 9.73. The molecule has 0 aliphatic heterocycles. The smallest absolute Gasteiger partial charge is 0.372 e. The van der Waals surface area contributed by atoms with Gasteiger partial charge in [-0.05, 0) is 42.3 Å². The van der Waals surface area contributed by atoms with Crippen molar-refractivity contribution < 1.29 is 26.4 Å². The molecule has 2 aromatic carbocycles. The zero-order chi connectivity index (χ0) is 24.1. The average molecular weight is 492 g/mol. The summed E-state index contributed by atoms with van der Waals surface area (Å²) in [6, 6.07) is 8.92. The van der Waals surface area contributed by atoms with Gasteiger partial charge in [0, 0.05) is 6.54 Å². The summed E-state index contributed by atoms with van der Waals surface area (Å²) in [7, 11) is -2.17. The predicted molar refractivity (Wildman–Crippen MR) is 119 cm³/mol. The molecule has 0 heterocycles. The molecule has 6 nitrogen and oxygen atoms in total. The molecule has 0 fully saturated rings. The lowest BCUT2D eigenvalue weighted by molar-refractivity contribution is -0.137. The van der Waals surface area contributed by atoms with E-state index in [0.29, 0.717) is 11.1 Å². The van der Waals surface area contributed by atoms with Crippen LogP contribution in [0.15, 0.2) is 42.5 Å². The first-order valence-corrected chi connectivity index (χ1v) is 11.8. The minimum absolute atomic E-state index is 0.0832. The highest BCUT2D eigenvalue weighted by molar-refractivity contribution is 7.88. The van der Waals surface area contributed by atoms with E-state index >= 15 is 0 Å². The molecule has 0 aliphatic rings. The maximum atomic E-state index is 12.9. The standard InChI is InChI=1S/C21H25ClF3N3O3S/c1-13(2)19(28-18-9-8-16(10-17(18)22)21(23,24)25)20(29)27-11-14-6-4-5-7-15(14)12-32(30,31)26-3/h4-10,13,19,26,28H,11-12H2,1-3H3,(H,27,29)/t19-/m0/s1. The maximum absolute atomic E-state index is 12.9. The Balaban J connectivity index is 2.14. The van der Waals surface area contributed by atoms with Crippen molar-refractivity contribution in [2.24, 2.45) is 5.92 Å². The van der Waals surface area contributed by atoms with Crippen LogP contribution in [0.4, 0.5) is 18.9 Å². The van der Waals surface area contributed by atoms with Gasteiger partial charge in [0.05, 0.1) is 22.0 Å². The first-order chi connectivity index (χ1) is 14.8. The molecular formula is C21H25ClF3N3O3S. The van der Waals surface area contributed by atoms with Gasteiger partial charge in [0.2, 0.25) is 15.9 Å². The normalized spacial score (nSPS) is 13.1. The molecular weight excluding hydrogens is 467 g/mol. The fourth-order valence-electron chi connectivity index (χ4n) is 2.95. The highest BCUT2D eigenvalue weighted by Crippen LogP contribution is 2.34. The summed E-state index contributed by atoms with van der Waals surface area (Å²) in [5, 5.41) is 5.51. The van der Waals surface area contributed by atoms with E-state index < -0.39 is 33.7 Å². The second kappa shape index (κ2) is 10.5. The zero-order valence-corrected chi connectivity index (χ0v) is 19.3. The molecule has 2 rings (SSSR count). The molecule has 11 heteroatoms. The predicted octanol–water partition coefficient (Wildman–Crippen LogP) is 4.16. The highest BCUT2D eigenvalue weighted by Gasteiger charge is 2.31. The van der Waals surface area contributed by atoms with E-state index in [1.807, 2.05) is 0 Å². The molecule has 0 saturated heterocycles. The number of carbonyl (C=O) groups is 1. The number of rotatable bonds is 9. The van der Waals surface area contributed by atoms with Crippen LogP contribution in [0, 0.1) is 5.92 Å². The van der Waals surface area contributed by atoms with E-state index in [1.54, 1.807) is 38.1 Å². The maximum Gasteiger partial charge on any atom is 0.416 e. The van der Waals surface area contributed by atoms with Crippen molar-refractivity contribution in [1.82, 2.24) is 10.0 Å². The third-order valence-electron chi connectivity index (χ3n) is 4.78. The lowest BCUT2D eigenvalue weighted by atomic mass is 10.0. The topological polar surface area (TPSA) is 87.3 Å². The van der Waals surface area contributed by atoms with Gasteiger partial charge in [-0.15, -0.1) is 0 Å². The number of hydrogen-bond acceptors (Lipinski definition) is 4. The Morgan fingerprint density at radius 2 is 1.72 bits per heavy atom. The van der Waals surface area contributed by atoms with Crippen molar-refractivity contribution in [2.75, 3.05) is 12.4 Å². The molecule has 0 spiro atoms. The van der Waals surface area contributed by atoms with Crippen LogP contribution in [0.2, 0.25) is 5.02 Å². The summed E-state index contributed by atoms with van der Waals surface area (Å²) in [6.07, 6.45) is -4.52. The molecule has 0 bridgehead atoms. The Kier molecular flexibility index (Phi) is 8.55. The first kappa shape index (κ1) is 26.0. The van der Waals surface area contributed by atoms with E-state index in [2.05, 4.69) is 15.4 Å². The number of sulfonamides is 1. The molecule has 3 N–H and O–H groups in total. The van der Waals surface area contributed by atoms with Gasteiger partial charge in [0.25, 0.3) is 0 Å². The van der Waals surface area contributed by atoms with Gasteiger partial charge < -0.3 is 10.6 Å². The minimum Gasteiger partial charge on any atom is -0.372 e. The number of alkyl halides is 3. The molecule has 176 valence electrons. The van der Waals surface area contributed by atoms with E-state index in [4.69, 9.17) is 11.6 Å². The largest absolute Gasteiger partial charge is 0.416 e. The summed E-state index contributed by atoms with van der Waals surface area (Å²) in [6.45, 7) is 3.64. The number of nitrogens with one attached hydrogen (secondary N) is 3. The third kappa shape index (κ3) is 7.11. The van der Waals surface area contributed by atoms with Crippen molar-refractivity contribution >= 4 is 33.2 Å². The Hall–Kier alpha value is -2.30. The van der Waals surface area contributed by atoms with Crippen LogP contribution >= 0.6 is 11.6 Å². The molecule has 0 unspecified atom stereocenters. The van der Waals surface area contributed by atoms with Crippen LogP contribution in [0.5, 0.6) is 0 Å². The Bertz CT molecular complexity index is 1060. The van der Waals surface area contributed by atoms with E-state index in [0.717, 1.165) is 12.1 Å². The van der Waals surface area contributed by atoms with Crippen molar-refractivity contribution in [3.8, 4) is 0 Å². The summed E-state index contributed by atoms with van der Waals surface area (Å²) in [5.41, 5.74) is 0.498. The molecule has 1 atom stereocenters. The molecule has 0 aliphatic carbocycles. The minimum atomic E-state index is -4.52. The second-order valence-corrected chi connectivity index (χ2v) is 9.84. The zero-order valence-electron chi connectivity index (χ0n) is 17.8. The lowest BCUT2D eigenvalue weighted by Crippen LogP contribution is -2.43. The molecule has 32 heavy (non-hydrogen) atoms. The van der Waals surface area contributed by atoms with Crippen molar-refractivity contribution in [3.63, 3.8) is 0 Å². The molecule has 0 radical (unpaired) electrons. The van der Waals surface area contributed by atoms with Crippen LogP contribution in [0.1, 0.15) is 30.5 Å². The van der Waals surface area contributed by atoms with Gasteiger partial charge in [-0.3, -0.25) is 4.79 Å². The average Bonchev–Trinajstić information content (AvgIpc) is 2.70. The summed E-state index contributed by atoms with van der Waals surface area (Å²) >= 11 is 6.00. The molecule has 0 aromatic heterocycles. The number of halogens is 4. The van der Waals surface area contributed by atoms with Gasteiger partial charge in [0.15, 0.2) is 0 Å². The van der Waals surface area contributed by atoms with E-state index in [9.17, 15) is 26.4 Å². The van der Waals surface area contributed by atoms with Crippen molar-refractivity contribution in [2.45, 2.75) is 38.4 Å². The van der Waals surface area contributed by atoms with Crippen LogP contribution in [0.3, 0.4) is 0 Å². The number of anilines is 1. The van der Waals surface area contributed by atoms with E-state index in [-0.39, 0.29) is 28.9 Å². The quantitative estimate of drug-likeness (QED) is 0.491. The van der Waals surface area contributed by atoms with E-state index in [1.165, 1.54) is 13.1 Å². The van der Waals surface area contributed by atoms with Gasteiger partial charge in [-0.25, -0.2) is 13.1 Å². The number of carbonyl (C=O) groups excluding carboxylic acids is 1. The molecule has 2 aromatic rings. The summed E-state index contributed by atoms with van der Waals surface area (Å²) < 4.78 is 64.6. The van der Waals surface area contributed by atoms with Crippen LogP contribution in [0.25, 0.3) is 0 Å². The lowest BCUT2D eigenvalue weighted by Gasteiger charge is -2.24. The third-order valence-corrected chi connectivity index (χ3v) is 6.41. The Morgan fingerprint density at radius 3 is 2.25 bits per heavy atom. The SMILES string of the molecule is CNS(=O)(=O)Cc1ccccc1CNC(=O)[C@@H](Nc1ccc(C(F)(F)F)cc1Cl)C(C)C. The fourth-order valence-corrected chi connectivity index (χ4v) is 4.02. The van der Waals surface area contributed by atoms with Gasteiger partial charge in [-0.1, -0.05) is 49.7 Å². The van der Waals surface area contributed by atoms with Crippen molar-refractivity contribution in [1.29, 1.82) is 0 Å². The number of benzene rings is 2. The summed E-state index contributed by atoms with van der Waals surface area (Å²) in [4.78, 5) is 12.8. The van der Waals surface area contributed by atoms with Crippen LogP contribution in [-0.2, 0) is 33.3 Å². The van der Waals surface area contributed by atoms with Gasteiger partial charge in [0.1, 0.15) is 6.04 Å².